The highest BCUT2D eigenvalue weighted by Gasteiger charge is 2.26. The van der Waals surface area contributed by atoms with Gasteiger partial charge < -0.3 is 20.5 Å². The Bertz CT molecular complexity index is 833. The van der Waals surface area contributed by atoms with Gasteiger partial charge in [0.1, 0.15) is 17.5 Å². The Morgan fingerprint density at radius 3 is 2.62 bits per heavy atom. The van der Waals surface area contributed by atoms with Gasteiger partial charge in [0, 0.05) is 24.2 Å². The average Bonchev–Trinajstić information content (AvgIpc) is 3.50. The molecule has 2 amide bonds. The Labute approximate surface area is 151 Å². The zero-order chi connectivity index (χ0) is 18.7. The van der Waals surface area contributed by atoms with Gasteiger partial charge in [0.2, 0.25) is 0 Å². The van der Waals surface area contributed by atoms with Crippen LogP contribution < -0.4 is 15.4 Å². The minimum Gasteiger partial charge on any atom is -0.496 e. The van der Waals surface area contributed by atoms with E-state index in [0.717, 1.165) is 12.8 Å². The Morgan fingerprint density at radius 1 is 1.23 bits per heavy atom. The molecule has 1 aliphatic carbocycles. The maximum atomic E-state index is 12.4. The van der Waals surface area contributed by atoms with Crippen molar-refractivity contribution < 1.29 is 19.4 Å². The van der Waals surface area contributed by atoms with Gasteiger partial charge in [-0.15, -0.1) is 0 Å². The first-order valence-electron chi connectivity index (χ1n) is 8.39. The van der Waals surface area contributed by atoms with Crippen molar-refractivity contribution in [3.8, 4) is 5.75 Å². The summed E-state index contributed by atoms with van der Waals surface area (Å²) in [6.07, 6.45) is 0.772. The number of rotatable bonds is 6. The van der Waals surface area contributed by atoms with Gasteiger partial charge in [-0.1, -0.05) is 18.2 Å². The number of pyridine rings is 1. The molecule has 1 aromatic carbocycles. The second-order valence-electron chi connectivity index (χ2n) is 6.14. The molecular weight excluding hydrogens is 334 g/mol. The predicted molar refractivity (Wildman–Crippen MR) is 95.2 cm³/mol. The topological polar surface area (TPSA) is 101 Å². The van der Waals surface area contributed by atoms with Crippen molar-refractivity contribution in [1.29, 1.82) is 0 Å². The third kappa shape index (κ3) is 3.83. The second-order valence-corrected chi connectivity index (χ2v) is 6.14. The average molecular weight is 355 g/mol. The van der Waals surface area contributed by atoms with Crippen LogP contribution in [0.1, 0.15) is 51.0 Å². The molecule has 0 radical (unpaired) electrons. The molecule has 0 saturated heterocycles. The van der Waals surface area contributed by atoms with E-state index in [2.05, 4.69) is 15.6 Å². The number of benzene rings is 1. The highest BCUT2D eigenvalue weighted by Crippen LogP contribution is 2.29. The van der Waals surface area contributed by atoms with E-state index in [0.29, 0.717) is 11.3 Å². The summed E-state index contributed by atoms with van der Waals surface area (Å²) in [5, 5.41) is 16.1. The molecule has 1 aromatic heterocycles. The summed E-state index contributed by atoms with van der Waals surface area (Å²) < 4.78 is 5.28. The first-order chi connectivity index (χ1) is 12.5. The van der Waals surface area contributed by atoms with Gasteiger partial charge in [-0.25, -0.2) is 4.98 Å². The van der Waals surface area contributed by atoms with Gasteiger partial charge in [-0.05, 0) is 31.0 Å². The molecule has 0 bridgehead atoms. The van der Waals surface area contributed by atoms with E-state index in [1.807, 2.05) is 0 Å². The summed E-state index contributed by atoms with van der Waals surface area (Å²) in [4.78, 5) is 28.7. The molecule has 0 spiro atoms. The van der Waals surface area contributed by atoms with E-state index in [-0.39, 0.29) is 28.9 Å². The Morgan fingerprint density at radius 2 is 1.96 bits per heavy atom. The summed E-state index contributed by atoms with van der Waals surface area (Å²) in [5.74, 6) is -0.218. The van der Waals surface area contributed by atoms with Crippen LogP contribution in [0.25, 0.3) is 0 Å². The zero-order valence-electron chi connectivity index (χ0n) is 14.7. The van der Waals surface area contributed by atoms with E-state index < -0.39 is 12.0 Å². The number of amides is 2. The zero-order valence-corrected chi connectivity index (χ0v) is 14.7. The molecule has 1 fully saturated rings. The summed E-state index contributed by atoms with van der Waals surface area (Å²) >= 11 is 0. The molecule has 1 unspecified atom stereocenters. The Kier molecular flexibility index (Phi) is 5.18. The smallest absolute Gasteiger partial charge is 0.269 e. The highest BCUT2D eigenvalue weighted by atomic mass is 16.5. The van der Waals surface area contributed by atoms with Crippen molar-refractivity contribution in [3.63, 3.8) is 0 Å². The SMILES string of the molecule is CNC(=O)c1cc(C(=O)NC2CC2)cc(C(O)c2ccccc2OC)n1. The Balaban J connectivity index is 2.01. The number of carbonyl (C=O) groups is 2. The molecular formula is C19H21N3O4. The number of aliphatic hydroxyl groups is 1. The number of carbonyl (C=O) groups excluding carboxylic acids is 2. The van der Waals surface area contributed by atoms with E-state index in [1.54, 1.807) is 24.3 Å². The lowest BCUT2D eigenvalue weighted by Gasteiger charge is -2.16. The number of nitrogens with zero attached hydrogens (tertiary/aromatic N) is 1. The normalized spacial score (nSPS) is 14.4. The van der Waals surface area contributed by atoms with E-state index in [9.17, 15) is 14.7 Å². The third-order valence-electron chi connectivity index (χ3n) is 4.19. The van der Waals surface area contributed by atoms with Crippen molar-refractivity contribution >= 4 is 11.8 Å². The van der Waals surface area contributed by atoms with Gasteiger partial charge in [0.25, 0.3) is 11.8 Å². The van der Waals surface area contributed by atoms with Crippen molar-refractivity contribution in [2.24, 2.45) is 0 Å². The minimum atomic E-state index is -1.14. The van der Waals surface area contributed by atoms with Crippen LogP contribution in [0.4, 0.5) is 0 Å². The van der Waals surface area contributed by atoms with Crippen LogP contribution in [0.15, 0.2) is 36.4 Å². The molecule has 1 aliphatic rings. The molecule has 26 heavy (non-hydrogen) atoms. The van der Waals surface area contributed by atoms with Crippen molar-refractivity contribution in [3.05, 3.63) is 58.9 Å². The van der Waals surface area contributed by atoms with E-state index >= 15 is 0 Å². The quantitative estimate of drug-likeness (QED) is 0.728. The monoisotopic (exact) mass is 355 g/mol. The summed E-state index contributed by atoms with van der Waals surface area (Å²) in [5.41, 5.74) is 1.07. The molecule has 7 nitrogen and oxygen atoms in total. The van der Waals surface area contributed by atoms with Crippen molar-refractivity contribution in [1.82, 2.24) is 15.6 Å². The van der Waals surface area contributed by atoms with E-state index in [1.165, 1.54) is 26.3 Å². The van der Waals surface area contributed by atoms with Gasteiger partial charge in [0.05, 0.1) is 12.8 Å². The van der Waals surface area contributed by atoms with Crippen LogP contribution in [0.2, 0.25) is 0 Å². The lowest BCUT2D eigenvalue weighted by molar-refractivity contribution is 0.0950. The number of nitrogens with one attached hydrogen (secondary N) is 2. The first-order valence-corrected chi connectivity index (χ1v) is 8.39. The fourth-order valence-corrected chi connectivity index (χ4v) is 2.62. The number of aliphatic hydroxyl groups excluding tert-OH is 1. The largest absolute Gasteiger partial charge is 0.496 e. The Hall–Kier alpha value is -2.93. The number of hydrogen-bond acceptors (Lipinski definition) is 5. The second kappa shape index (κ2) is 7.53. The van der Waals surface area contributed by atoms with Gasteiger partial charge in [0.15, 0.2) is 0 Å². The van der Waals surface area contributed by atoms with Crippen LogP contribution >= 0.6 is 0 Å². The standard InChI is InChI=1S/C19H21N3O4/c1-20-19(25)15-10-11(18(24)21-12-7-8-12)9-14(22-15)17(23)13-5-3-4-6-16(13)26-2/h3-6,9-10,12,17,23H,7-8H2,1-2H3,(H,20,25)(H,21,24). The molecule has 1 heterocycles. The van der Waals surface area contributed by atoms with Gasteiger partial charge in [-0.2, -0.15) is 0 Å². The molecule has 136 valence electrons. The maximum absolute atomic E-state index is 12.4. The fraction of sp³-hybridized carbons (Fsp3) is 0.316. The summed E-state index contributed by atoms with van der Waals surface area (Å²) in [7, 11) is 2.99. The number of hydrogen-bond donors (Lipinski definition) is 3. The molecule has 0 aliphatic heterocycles. The molecule has 2 aromatic rings. The predicted octanol–water partition coefficient (Wildman–Crippen LogP) is 1.42. The molecule has 7 heteroatoms. The van der Waals surface area contributed by atoms with Gasteiger partial charge in [-0.3, -0.25) is 9.59 Å². The summed E-state index contributed by atoms with van der Waals surface area (Å²) in [6.45, 7) is 0. The number of para-hydroxylation sites is 1. The molecule has 3 rings (SSSR count). The van der Waals surface area contributed by atoms with Crippen LogP contribution in [0, 0.1) is 0 Å². The number of ether oxygens (including phenoxy) is 1. The van der Waals surface area contributed by atoms with E-state index in [4.69, 9.17) is 4.74 Å². The number of methoxy groups -OCH3 is 1. The number of aromatic nitrogens is 1. The summed E-state index contributed by atoms with van der Waals surface area (Å²) in [6, 6.07) is 10.1. The van der Waals surface area contributed by atoms with Crippen molar-refractivity contribution in [2.45, 2.75) is 25.0 Å². The van der Waals surface area contributed by atoms with Crippen LogP contribution in [0.5, 0.6) is 5.75 Å². The fourth-order valence-electron chi connectivity index (χ4n) is 2.62. The van der Waals surface area contributed by atoms with Crippen LogP contribution in [-0.2, 0) is 0 Å². The van der Waals surface area contributed by atoms with Gasteiger partial charge >= 0.3 is 0 Å². The molecule has 1 saturated carbocycles. The molecule has 1 atom stereocenters. The van der Waals surface area contributed by atoms with Crippen molar-refractivity contribution in [2.75, 3.05) is 14.2 Å². The third-order valence-corrected chi connectivity index (χ3v) is 4.19. The van der Waals surface area contributed by atoms with Crippen LogP contribution in [0.3, 0.4) is 0 Å². The first kappa shape index (κ1) is 17.9. The lowest BCUT2D eigenvalue weighted by Crippen LogP contribution is -2.27. The highest BCUT2D eigenvalue weighted by molar-refractivity contribution is 5.98. The maximum Gasteiger partial charge on any atom is 0.269 e. The van der Waals surface area contributed by atoms with Crippen LogP contribution in [-0.4, -0.2) is 42.1 Å². The lowest BCUT2D eigenvalue weighted by atomic mass is 10.0. The molecule has 3 N–H and O–H groups in total. The minimum absolute atomic E-state index is 0.0693.